The van der Waals surface area contributed by atoms with Crippen molar-refractivity contribution in [2.45, 2.75) is 82.7 Å². The molecule has 3 rings (SSSR count). The summed E-state index contributed by atoms with van der Waals surface area (Å²) < 4.78 is 0. The highest BCUT2D eigenvalue weighted by Crippen LogP contribution is 2.31. The first kappa shape index (κ1) is 22.1. The second-order valence-electron chi connectivity index (χ2n) is 9.51. The third-order valence-electron chi connectivity index (χ3n) is 7.63. The number of nitrogens with one attached hydrogen (secondary N) is 3. The number of likely N-dealkylation sites (tertiary alicyclic amines) is 1. The smallest absolute Gasteiger partial charge is 0.189 e. The monoisotopic (exact) mass is 400 g/mol. The number of carbonyl (C=O) groups is 1. The zero-order valence-corrected chi connectivity index (χ0v) is 16.9. The van der Waals surface area contributed by atoms with Crippen molar-refractivity contribution in [3.05, 3.63) is 10.4 Å². The van der Waals surface area contributed by atoms with Crippen molar-refractivity contribution in [3.8, 4) is 0 Å². The topological polar surface area (TPSA) is 117 Å². The number of rotatable bonds is 7. The molecule has 0 radical (unpaired) electrons. The van der Waals surface area contributed by atoms with E-state index >= 15 is 0 Å². The lowest BCUT2D eigenvalue weighted by Gasteiger charge is -2.35. The fraction of sp³-hybridized carbons (Fsp3) is 0.950. The van der Waals surface area contributed by atoms with E-state index in [1.54, 1.807) is 0 Å². The molecule has 1 heterocycles. The molecule has 8 heteroatoms. The van der Waals surface area contributed by atoms with Crippen LogP contribution in [-0.4, -0.2) is 47.9 Å². The second kappa shape index (κ2) is 10.4. The van der Waals surface area contributed by atoms with Crippen LogP contribution in [0.5, 0.6) is 0 Å². The van der Waals surface area contributed by atoms with Gasteiger partial charge in [0.2, 0.25) is 0 Å². The Morgan fingerprint density at radius 2 is 1.25 bits per heavy atom. The average molecular weight is 401 g/mol. The van der Waals surface area contributed by atoms with Crippen LogP contribution >= 0.6 is 0 Å². The molecule has 0 bridgehead atoms. The van der Waals surface area contributed by atoms with Crippen LogP contribution in [0.3, 0.4) is 0 Å². The minimum atomic E-state index is -0.713. The van der Waals surface area contributed by atoms with Crippen molar-refractivity contribution in [3.63, 3.8) is 0 Å². The Hall–Kier alpha value is -0.610. The standard InChI is InChI=1S/C20H37N3O5/c24-20(17-3-7-19(8-4-17)23(27)28)14-21-11-9-16(10-12-21)13-15-1-5-18(6-2-15)22(25)26/h15-19,22-23,25,27H,1-14H2/p+1. The van der Waals surface area contributed by atoms with Gasteiger partial charge in [-0.3, -0.25) is 4.79 Å². The van der Waals surface area contributed by atoms with Crippen molar-refractivity contribution in [2.24, 2.45) is 17.8 Å². The van der Waals surface area contributed by atoms with Gasteiger partial charge in [0, 0.05) is 31.6 Å². The summed E-state index contributed by atoms with van der Waals surface area (Å²) in [6.45, 7) is 2.73. The third-order valence-corrected chi connectivity index (χ3v) is 7.63. The molecule has 0 aromatic rings. The van der Waals surface area contributed by atoms with E-state index in [9.17, 15) is 15.2 Å². The molecule has 162 valence electrons. The normalized spacial score (nSPS) is 39.3. The van der Waals surface area contributed by atoms with Gasteiger partial charge in [0.1, 0.15) is 18.6 Å². The van der Waals surface area contributed by atoms with Crippen molar-refractivity contribution < 1.29 is 30.6 Å². The number of quaternary nitrogens is 3. The van der Waals surface area contributed by atoms with Gasteiger partial charge in [-0.05, 0) is 56.8 Å². The lowest BCUT2D eigenvalue weighted by Crippen LogP contribution is -3.14. The van der Waals surface area contributed by atoms with Crippen LogP contribution in [0, 0.1) is 28.2 Å². The number of piperidine rings is 1. The van der Waals surface area contributed by atoms with Crippen LogP contribution in [0.1, 0.15) is 70.6 Å². The Bertz CT molecular complexity index is 480. The number of Topliss-reactive ketones (excluding diaryl/α,β-unsaturated/α-hetero) is 1. The zero-order valence-electron chi connectivity index (χ0n) is 16.9. The highest BCUT2D eigenvalue weighted by molar-refractivity contribution is 5.82. The molecule has 5 N–H and O–H groups in total. The summed E-state index contributed by atoms with van der Waals surface area (Å²) in [5.41, 5.74) is 0. The third kappa shape index (κ3) is 6.19. The number of carbonyl (C=O) groups excluding carboxylic acids is 1. The lowest BCUT2D eigenvalue weighted by atomic mass is 9.78. The Kier molecular flexibility index (Phi) is 8.22. The summed E-state index contributed by atoms with van der Waals surface area (Å²) in [5.74, 6) is 1.83. The molecule has 2 atom stereocenters. The molecule has 0 amide bonds. The van der Waals surface area contributed by atoms with E-state index in [1.165, 1.54) is 24.2 Å². The number of hydrogen-bond acceptors (Lipinski definition) is 5. The van der Waals surface area contributed by atoms with Crippen LogP contribution in [0.2, 0.25) is 0 Å². The van der Waals surface area contributed by atoms with E-state index < -0.39 is 10.5 Å². The molecule has 0 aromatic carbocycles. The van der Waals surface area contributed by atoms with E-state index in [2.05, 4.69) is 0 Å². The van der Waals surface area contributed by atoms with E-state index in [1.807, 2.05) is 0 Å². The molecule has 2 unspecified atom stereocenters. The number of hydrogen-bond donors (Lipinski definition) is 5. The summed E-state index contributed by atoms with van der Waals surface area (Å²) >= 11 is 0. The SMILES string of the molecule is O=C(C[NH+]1CCC(CC2CCC([NH+]([O-])O)CC2)CC1)C1CCC([NH+]([O-])O)CC1. The van der Waals surface area contributed by atoms with Gasteiger partial charge in [0.25, 0.3) is 0 Å². The van der Waals surface area contributed by atoms with Gasteiger partial charge in [0.15, 0.2) is 5.78 Å². The molecule has 28 heavy (non-hydrogen) atoms. The highest BCUT2D eigenvalue weighted by atomic mass is 16.8. The van der Waals surface area contributed by atoms with Crippen LogP contribution in [-0.2, 0) is 4.79 Å². The minimum Gasteiger partial charge on any atom is -0.600 e. The lowest BCUT2D eigenvalue weighted by molar-refractivity contribution is -1.07. The molecule has 1 aliphatic heterocycles. The van der Waals surface area contributed by atoms with Gasteiger partial charge in [0.05, 0.1) is 13.1 Å². The van der Waals surface area contributed by atoms with Crippen LogP contribution in [0.4, 0.5) is 0 Å². The Morgan fingerprint density at radius 3 is 1.75 bits per heavy atom. The van der Waals surface area contributed by atoms with Gasteiger partial charge in [-0.2, -0.15) is 0 Å². The van der Waals surface area contributed by atoms with Gasteiger partial charge < -0.3 is 15.3 Å². The Balaban J connectivity index is 1.32. The van der Waals surface area contributed by atoms with Gasteiger partial charge in [-0.1, -0.05) is 0 Å². The zero-order chi connectivity index (χ0) is 20.1. The summed E-state index contributed by atoms with van der Waals surface area (Å²) in [6, 6.07) is -0.378. The van der Waals surface area contributed by atoms with Crippen molar-refractivity contribution >= 4 is 5.78 Å². The van der Waals surface area contributed by atoms with E-state index in [-0.39, 0.29) is 18.0 Å². The average Bonchev–Trinajstić information content (AvgIpc) is 2.70. The molecule has 3 fully saturated rings. The van der Waals surface area contributed by atoms with Crippen molar-refractivity contribution in [2.75, 3.05) is 19.6 Å². The maximum atomic E-state index is 12.6. The second-order valence-corrected chi connectivity index (χ2v) is 9.51. The highest BCUT2D eigenvalue weighted by Gasteiger charge is 2.33. The first-order chi connectivity index (χ1) is 13.4. The molecule has 3 aliphatic rings. The predicted molar refractivity (Wildman–Crippen MR) is 102 cm³/mol. The Morgan fingerprint density at radius 1 is 0.786 bits per heavy atom. The molecule has 2 aliphatic carbocycles. The van der Waals surface area contributed by atoms with E-state index in [4.69, 9.17) is 10.4 Å². The largest absolute Gasteiger partial charge is 0.600 e. The van der Waals surface area contributed by atoms with E-state index in [0.717, 1.165) is 57.5 Å². The predicted octanol–water partition coefficient (Wildman–Crippen LogP) is -1.10. The van der Waals surface area contributed by atoms with Crippen molar-refractivity contribution in [1.82, 2.24) is 0 Å². The Labute approximate surface area is 167 Å². The van der Waals surface area contributed by atoms with E-state index in [0.29, 0.717) is 31.1 Å². The molecular weight excluding hydrogens is 362 g/mol. The van der Waals surface area contributed by atoms with Gasteiger partial charge >= 0.3 is 0 Å². The van der Waals surface area contributed by atoms with Crippen LogP contribution < -0.4 is 15.4 Å². The molecule has 0 spiro atoms. The molecule has 1 saturated heterocycles. The quantitative estimate of drug-likeness (QED) is 0.348. The first-order valence-electron chi connectivity index (χ1n) is 11.2. The molecule has 2 saturated carbocycles. The summed E-state index contributed by atoms with van der Waals surface area (Å²) in [5, 5.41) is 39.0. The van der Waals surface area contributed by atoms with Gasteiger partial charge in [-0.15, -0.1) is 0 Å². The minimum absolute atomic E-state index is 0.0743. The fourth-order valence-corrected chi connectivity index (χ4v) is 5.67. The number of ketones is 1. The molecule has 8 nitrogen and oxygen atoms in total. The van der Waals surface area contributed by atoms with Gasteiger partial charge in [-0.25, -0.2) is 20.9 Å². The maximum absolute atomic E-state index is 12.6. The maximum Gasteiger partial charge on any atom is 0.189 e. The number of hydroxylamine groups is 4. The molecular formula is C20H38N3O5+. The van der Waals surface area contributed by atoms with Crippen molar-refractivity contribution in [1.29, 1.82) is 0 Å². The molecule has 0 aromatic heterocycles. The summed E-state index contributed by atoms with van der Waals surface area (Å²) in [7, 11) is 0. The first-order valence-corrected chi connectivity index (χ1v) is 11.2. The van der Waals surface area contributed by atoms with Crippen LogP contribution in [0.15, 0.2) is 0 Å². The van der Waals surface area contributed by atoms with Crippen LogP contribution in [0.25, 0.3) is 0 Å². The fourth-order valence-electron chi connectivity index (χ4n) is 5.67. The summed E-state index contributed by atoms with van der Waals surface area (Å²) in [6.07, 6.45) is 10.1. The summed E-state index contributed by atoms with van der Waals surface area (Å²) in [4.78, 5) is 14.0.